The fourth-order valence-electron chi connectivity index (χ4n) is 2.50. The summed E-state index contributed by atoms with van der Waals surface area (Å²) in [7, 11) is 0. The van der Waals surface area contributed by atoms with Crippen molar-refractivity contribution in [3.63, 3.8) is 0 Å². The van der Waals surface area contributed by atoms with Gasteiger partial charge in [0.05, 0.1) is 43.2 Å². The molecule has 0 bridgehead atoms. The summed E-state index contributed by atoms with van der Waals surface area (Å²) in [6.45, 7) is 4.29. The normalized spacial score (nSPS) is 16.3. The Balaban J connectivity index is 1.61. The van der Waals surface area contributed by atoms with Crippen LogP contribution in [0.15, 0.2) is 36.9 Å². The summed E-state index contributed by atoms with van der Waals surface area (Å²) in [5, 5.41) is 0.347. The Labute approximate surface area is 138 Å². The smallest absolute Gasteiger partial charge is 0.158 e. The molecule has 0 aliphatic carbocycles. The van der Waals surface area contributed by atoms with Crippen molar-refractivity contribution in [1.82, 2.24) is 19.5 Å². The van der Waals surface area contributed by atoms with Gasteiger partial charge in [-0.2, -0.15) is 0 Å². The zero-order valence-electron chi connectivity index (χ0n) is 12.6. The lowest BCUT2D eigenvalue weighted by Gasteiger charge is -2.37. The van der Waals surface area contributed by atoms with E-state index in [2.05, 4.69) is 21.9 Å². The lowest BCUT2D eigenvalue weighted by atomic mass is 9.90. The van der Waals surface area contributed by atoms with Crippen LogP contribution >= 0.6 is 11.6 Å². The van der Waals surface area contributed by atoms with Crippen LogP contribution in [-0.2, 0) is 4.74 Å². The lowest BCUT2D eigenvalue weighted by Crippen LogP contribution is -2.44. The number of hydrogen-bond acceptors (Lipinski definition) is 5. The number of ether oxygens (including phenoxy) is 2. The Kier molecular flexibility index (Phi) is 3.43. The predicted molar refractivity (Wildman–Crippen MR) is 86.1 cm³/mol. The molecule has 118 valence electrons. The minimum Gasteiger partial charge on any atom is -0.493 e. The van der Waals surface area contributed by atoms with Crippen LogP contribution in [0.3, 0.4) is 0 Å². The Morgan fingerprint density at radius 1 is 1.35 bits per heavy atom. The monoisotopic (exact) mass is 330 g/mol. The second-order valence-corrected chi connectivity index (χ2v) is 6.44. The SMILES string of the molecule is CC1(COc2ccc3c(c2)ncn3-c2cncc(Cl)n2)COC1. The molecule has 1 aromatic carbocycles. The summed E-state index contributed by atoms with van der Waals surface area (Å²) in [5.41, 5.74) is 1.87. The summed E-state index contributed by atoms with van der Waals surface area (Å²) in [5.74, 6) is 1.43. The molecule has 2 aromatic heterocycles. The maximum atomic E-state index is 5.90. The van der Waals surface area contributed by atoms with E-state index in [9.17, 15) is 0 Å². The fourth-order valence-corrected chi connectivity index (χ4v) is 2.65. The molecule has 0 amide bonds. The summed E-state index contributed by atoms with van der Waals surface area (Å²) in [4.78, 5) is 12.7. The molecule has 0 atom stereocenters. The van der Waals surface area contributed by atoms with Gasteiger partial charge in [0.25, 0.3) is 0 Å². The molecule has 0 unspecified atom stereocenters. The van der Waals surface area contributed by atoms with Crippen molar-refractivity contribution in [3.8, 4) is 11.6 Å². The van der Waals surface area contributed by atoms with E-state index in [1.807, 2.05) is 22.8 Å². The standard InChI is InChI=1S/C16H15ClN4O2/c1-16(7-22-8-16)9-23-11-2-3-13-12(4-11)19-10-21(13)15-6-18-5-14(17)20-15/h2-6,10H,7-9H2,1H3. The highest BCUT2D eigenvalue weighted by atomic mass is 35.5. The van der Waals surface area contributed by atoms with E-state index in [4.69, 9.17) is 21.1 Å². The van der Waals surface area contributed by atoms with Crippen LogP contribution in [0.1, 0.15) is 6.92 Å². The van der Waals surface area contributed by atoms with E-state index >= 15 is 0 Å². The van der Waals surface area contributed by atoms with E-state index in [1.165, 1.54) is 6.20 Å². The summed E-state index contributed by atoms with van der Waals surface area (Å²) < 4.78 is 13.0. The molecular weight excluding hydrogens is 316 g/mol. The van der Waals surface area contributed by atoms with Gasteiger partial charge in [-0.15, -0.1) is 0 Å². The Bertz CT molecular complexity index is 860. The fraction of sp³-hybridized carbons (Fsp3) is 0.312. The van der Waals surface area contributed by atoms with Crippen LogP contribution in [0.25, 0.3) is 16.9 Å². The van der Waals surface area contributed by atoms with E-state index < -0.39 is 0 Å². The molecule has 6 nitrogen and oxygen atoms in total. The van der Waals surface area contributed by atoms with Gasteiger partial charge >= 0.3 is 0 Å². The Hall–Kier alpha value is -2.18. The highest BCUT2D eigenvalue weighted by Crippen LogP contribution is 2.29. The summed E-state index contributed by atoms with van der Waals surface area (Å²) in [6.07, 6.45) is 4.85. The third kappa shape index (κ3) is 2.75. The first-order valence-corrected chi connectivity index (χ1v) is 7.66. The zero-order valence-corrected chi connectivity index (χ0v) is 13.3. The lowest BCUT2D eigenvalue weighted by molar-refractivity contribution is -0.120. The van der Waals surface area contributed by atoms with Crippen LogP contribution in [0.5, 0.6) is 5.75 Å². The minimum absolute atomic E-state index is 0.116. The van der Waals surface area contributed by atoms with Gasteiger partial charge < -0.3 is 9.47 Å². The number of aromatic nitrogens is 4. The predicted octanol–water partition coefficient (Wildman–Crippen LogP) is 2.88. The first-order valence-electron chi connectivity index (χ1n) is 7.29. The summed E-state index contributed by atoms with van der Waals surface area (Å²) in [6, 6.07) is 5.81. The van der Waals surface area contributed by atoms with Gasteiger partial charge in [0, 0.05) is 11.5 Å². The third-order valence-corrected chi connectivity index (χ3v) is 4.03. The van der Waals surface area contributed by atoms with E-state index in [0.717, 1.165) is 30.0 Å². The van der Waals surface area contributed by atoms with Crippen molar-refractivity contribution in [2.24, 2.45) is 5.41 Å². The maximum absolute atomic E-state index is 5.90. The van der Waals surface area contributed by atoms with Gasteiger partial charge in [0.1, 0.15) is 17.2 Å². The number of imidazole rings is 1. The van der Waals surface area contributed by atoms with Crippen molar-refractivity contribution >= 4 is 22.6 Å². The van der Waals surface area contributed by atoms with Crippen LogP contribution in [0.4, 0.5) is 0 Å². The maximum Gasteiger partial charge on any atom is 0.158 e. The van der Waals surface area contributed by atoms with Crippen molar-refractivity contribution in [2.45, 2.75) is 6.92 Å². The van der Waals surface area contributed by atoms with Gasteiger partial charge in [-0.1, -0.05) is 18.5 Å². The van der Waals surface area contributed by atoms with Gasteiger partial charge in [-0.05, 0) is 12.1 Å². The highest BCUT2D eigenvalue weighted by Gasteiger charge is 2.34. The molecular formula is C16H15ClN4O2. The van der Waals surface area contributed by atoms with Crippen molar-refractivity contribution in [2.75, 3.05) is 19.8 Å². The Morgan fingerprint density at radius 2 is 2.22 bits per heavy atom. The first-order chi connectivity index (χ1) is 11.1. The molecule has 0 radical (unpaired) electrons. The molecule has 23 heavy (non-hydrogen) atoms. The van der Waals surface area contributed by atoms with Crippen LogP contribution in [0.2, 0.25) is 5.15 Å². The van der Waals surface area contributed by atoms with Gasteiger partial charge in [0.2, 0.25) is 0 Å². The van der Waals surface area contributed by atoms with Crippen LogP contribution < -0.4 is 4.74 Å². The van der Waals surface area contributed by atoms with Crippen molar-refractivity contribution in [1.29, 1.82) is 0 Å². The van der Waals surface area contributed by atoms with Crippen molar-refractivity contribution in [3.05, 3.63) is 42.1 Å². The molecule has 1 saturated heterocycles. The molecule has 0 spiro atoms. The average molecular weight is 331 g/mol. The molecule has 1 aliphatic heterocycles. The van der Waals surface area contributed by atoms with Gasteiger partial charge in [-0.25, -0.2) is 9.97 Å². The molecule has 7 heteroatoms. The minimum atomic E-state index is 0.116. The van der Waals surface area contributed by atoms with Gasteiger partial charge in [-0.3, -0.25) is 9.55 Å². The van der Waals surface area contributed by atoms with E-state index in [0.29, 0.717) is 17.6 Å². The number of nitrogens with zero attached hydrogens (tertiary/aromatic N) is 4. The highest BCUT2D eigenvalue weighted by molar-refractivity contribution is 6.29. The Morgan fingerprint density at radius 3 is 2.96 bits per heavy atom. The molecule has 0 saturated carbocycles. The molecule has 0 N–H and O–H groups in total. The molecule has 3 aromatic rings. The van der Waals surface area contributed by atoms with E-state index in [1.54, 1.807) is 12.5 Å². The number of benzene rings is 1. The zero-order chi connectivity index (χ0) is 15.9. The molecule has 3 heterocycles. The number of hydrogen-bond donors (Lipinski definition) is 0. The molecule has 4 rings (SSSR count). The second-order valence-electron chi connectivity index (χ2n) is 6.06. The van der Waals surface area contributed by atoms with Gasteiger partial charge in [0.15, 0.2) is 5.82 Å². The average Bonchev–Trinajstić information content (AvgIpc) is 2.94. The number of halogens is 1. The largest absolute Gasteiger partial charge is 0.493 e. The van der Waals surface area contributed by atoms with Crippen molar-refractivity contribution < 1.29 is 9.47 Å². The quantitative estimate of drug-likeness (QED) is 0.736. The topological polar surface area (TPSA) is 62.1 Å². The van der Waals surface area contributed by atoms with Crippen LogP contribution in [-0.4, -0.2) is 39.3 Å². The number of rotatable bonds is 4. The van der Waals surface area contributed by atoms with Crippen LogP contribution in [0, 0.1) is 5.41 Å². The molecule has 1 aliphatic rings. The molecule has 1 fully saturated rings. The third-order valence-electron chi connectivity index (χ3n) is 3.85. The summed E-state index contributed by atoms with van der Waals surface area (Å²) >= 11 is 5.90. The number of fused-ring (bicyclic) bond motifs is 1. The second kappa shape index (κ2) is 5.47. The van der Waals surface area contributed by atoms with E-state index in [-0.39, 0.29) is 5.41 Å². The first kappa shape index (κ1) is 14.4.